The van der Waals surface area contributed by atoms with Gasteiger partial charge in [-0.15, -0.1) is 10.2 Å². The fourth-order valence-corrected chi connectivity index (χ4v) is 5.64. The smallest absolute Gasteiger partial charge is 0.250 e. The summed E-state index contributed by atoms with van der Waals surface area (Å²) in [4.78, 5) is 12.5. The molecule has 162 valence electrons. The second-order valence-corrected chi connectivity index (χ2v) is 10.6. The lowest BCUT2D eigenvalue weighted by atomic mass is 9.70. The predicted octanol–water partition coefficient (Wildman–Crippen LogP) is 4.60. The van der Waals surface area contributed by atoms with Gasteiger partial charge in [0.05, 0.1) is 12.0 Å². The maximum atomic E-state index is 12.5. The van der Waals surface area contributed by atoms with Gasteiger partial charge in [0.2, 0.25) is 0 Å². The topological polar surface area (TPSA) is 85.3 Å². The van der Waals surface area contributed by atoms with Crippen LogP contribution in [0.3, 0.4) is 0 Å². The standard InChI is InChI=1S/C22H31N5O2S/c1-14(2)12-27-19(16-7-6-10-29-16)25-26-20(27)30-13-18(28)24-23-17-11-15-8-9-22(17,5)21(15,3)4/h6-7,10,14-15H,8-9,11-13H2,1-5H3,(H,24,28)/b23-17+. The molecule has 2 fully saturated rings. The number of carbonyl (C=O) groups is 1. The number of hydrazone groups is 1. The Kier molecular flexibility index (Phi) is 5.55. The fraction of sp³-hybridized carbons (Fsp3) is 0.636. The first kappa shape index (κ1) is 21.2. The number of furan rings is 1. The van der Waals surface area contributed by atoms with Gasteiger partial charge in [0.25, 0.3) is 5.91 Å². The predicted molar refractivity (Wildman–Crippen MR) is 118 cm³/mol. The lowest BCUT2D eigenvalue weighted by molar-refractivity contribution is -0.118. The lowest BCUT2D eigenvalue weighted by Gasteiger charge is -2.34. The van der Waals surface area contributed by atoms with E-state index < -0.39 is 0 Å². The molecule has 2 heterocycles. The number of hydrogen-bond donors (Lipinski definition) is 1. The molecule has 30 heavy (non-hydrogen) atoms. The molecule has 2 aromatic rings. The molecule has 1 amide bonds. The summed E-state index contributed by atoms with van der Waals surface area (Å²) in [5, 5.41) is 13.8. The van der Waals surface area contributed by atoms with Crippen molar-refractivity contribution in [3.05, 3.63) is 18.4 Å². The minimum Gasteiger partial charge on any atom is -0.461 e. The third-order valence-corrected chi connectivity index (χ3v) is 8.13. The van der Waals surface area contributed by atoms with Crippen LogP contribution in [0.5, 0.6) is 0 Å². The summed E-state index contributed by atoms with van der Waals surface area (Å²) in [7, 11) is 0. The highest BCUT2D eigenvalue weighted by Gasteiger charge is 2.60. The van der Waals surface area contributed by atoms with Crippen LogP contribution >= 0.6 is 11.8 Å². The number of carbonyl (C=O) groups excluding carboxylic acids is 1. The van der Waals surface area contributed by atoms with E-state index in [0.29, 0.717) is 28.6 Å². The van der Waals surface area contributed by atoms with Crippen molar-refractivity contribution in [3.8, 4) is 11.6 Å². The maximum Gasteiger partial charge on any atom is 0.250 e. The fourth-order valence-electron chi connectivity index (χ4n) is 4.90. The van der Waals surface area contributed by atoms with Crippen LogP contribution in [-0.4, -0.2) is 32.1 Å². The number of hydrogen-bond acceptors (Lipinski definition) is 6. The average molecular weight is 430 g/mol. The van der Waals surface area contributed by atoms with E-state index in [4.69, 9.17) is 4.42 Å². The van der Waals surface area contributed by atoms with Gasteiger partial charge in [0, 0.05) is 17.7 Å². The molecule has 1 N–H and O–H groups in total. The normalized spacial score (nSPS) is 26.1. The van der Waals surface area contributed by atoms with Crippen LogP contribution in [0.1, 0.15) is 53.9 Å². The minimum atomic E-state index is -0.115. The van der Waals surface area contributed by atoms with E-state index in [9.17, 15) is 4.79 Å². The van der Waals surface area contributed by atoms with Gasteiger partial charge in [-0.3, -0.25) is 9.36 Å². The molecule has 2 unspecified atom stereocenters. The van der Waals surface area contributed by atoms with Gasteiger partial charge in [0.15, 0.2) is 16.7 Å². The Morgan fingerprint density at radius 1 is 1.40 bits per heavy atom. The Morgan fingerprint density at radius 3 is 2.80 bits per heavy atom. The van der Waals surface area contributed by atoms with E-state index in [1.807, 2.05) is 16.7 Å². The highest BCUT2D eigenvalue weighted by atomic mass is 32.2. The van der Waals surface area contributed by atoms with Crippen molar-refractivity contribution >= 4 is 23.4 Å². The van der Waals surface area contributed by atoms with Gasteiger partial charge in [-0.05, 0) is 48.6 Å². The molecule has 7 nitrogen and oxygen atoms in total. The van der Waals surface area contributed by atoms with Gasteiger partial charge < -0.3 is 4.42 Å². The number of nitrogens with one attached hydrogen (secondary N) is 1. The molecular formula is C22H31N5O2S. The van der Waals surface area contributed by atoms with Gasteiger partial charge in [-0.2, -0.15) is 5.10 Å². The van der Waals surface area contributed by atoms with Crippen LogP contribution < -0.4 is 5.43 Å². The quantitative estimate of drug-likeness (QED) is 0.513. The van der Waals surface area contributed by atoms with Gasteiger partial charge >= 0.3 is 0 Å². The van der Waals surface area contributed by atoms with E-state index in [1.165, 1.54) is 18.2 Å². The van der Waals surface area contributed by atoms with Crippen molar-refractivity contribution in [1.29, 1.82) is 0 Å². The van der Waals surface area contributed by atoms with Crippen molar-refractivity contribution < 1.29 is 9.21 Å². The van der Waals surface area contributed by atoms with Crippen molar-refractivity contribution in [2.75, 3.05) is 5.75 Å². The number of fused-ring (bicyclic) bond motifs is 2. The minimum absolute atomic E-state index is 0.0907. The second-order valence-electron chi connectivity index (χ2n) is 9.66. The molecule has 2 aliphatic rings. The molecule has 0 saturated heterocycles. The van der Waals surface area contributed by atoms with Crippen LogP contribution in [0.15, 0.2) is 33.1 Å². The van der Waals surface area contributed by atoms with Crippen LogP contribution in [0.25, 0.3) is 11.6 Å². The van der Waals surface area contributed by atoms with Crippen LogP contribution in [-0.2, 0) is 11.3 Å². The zero-order valence-electron chi connectivity index (χ0n) is 18.4. The molecule has 0 aliphatic heterocycles. The molecule has 2 aromatic heterocycles. The van der Waals surface area contributed by atoms with E-state index in [1.54, 1.807) is 6.26 Å². The lowest BCUT2D eigenvalue weighted by Crippen LogP contribution is -2.34. The number of aromatic nitrogens is 3. The Hall–Kier alpha value is -2.09. The molecule has 0 spiro atoms. The third-order valence-electron chi connectivity index (χ3n) is 7.17. The van der Waals surface area contributed by atoms with E-state index >= 15 is 0 Å². The summed E-state index contributed by atoms with van der Waals surface area (Å²) in [5.74, 6) is 2.58. The number of thioether (sulfide) groups is 1. The molecule has 2 bridgehead atoms. The van der Waals surface area contributed by atoms with Crippen LogP contribution in [0.2, 0.25) is 0 Å². The third kappa shape index (κ3) is 3.59. The molecule has 2 aliphatic carbocycles. The number of rotatable bonds is 7. The first-order valence-corrected chi connectivity index (χ1v) is 11.7. The van der Waals surface area contributed by atoms with Crippen LogP contribution in [0.4, 0.5) is 0 Å². The molecule has 0 aromatic carbocycles. The molecule has 2 saturated carbocycles. The first-order valence-electron chi connectivity index (χ1n) is 10.7. The summed E-state index contributed by atoms with van der Waals surface area (Å²) < 4.78 is 7.52. The van der Waals surface area contributed by atoms with Crippen molar-refractivity contribution in [1.82, 2.24) is 20.2 Å². The maximum absolute atomic E-state index is 12.5. The highest BCUT2D eigenvalue weighted by Crippen LogP contribution is 2.63. The Bertz CT molecular complexity index is 947. The summed E-state index contributed by atoms with van der Waals surface area (Å²) >= 11 is 1.38. The highest BCUT2D eigenvalue weighted by molar-refractivity contribution is 7.99. The Balaban J connectivity index is 1.41. The molecule has 0 radical (unpaired) electrons. The van der Waals surface area contributed by atoms with E-state index in [-0.39, 0.29) is 22.5 Å². The summed E-state index contributed by atoms with van der Waals surface area (Å²) in [5.41, 5.74) is 4.27. The number of amides is 1. The van der Waals surface area contributed by atoms with E-state index in [2.05, 4.69) is 55.3 Å². The molecule has 2 atom stereocenters. The van der Waals surface area contributed by atoms with E-state index in [0.717, 1.165) is 25.1 Å². The monoisotopic (exact) mass is 429 g/mol. The summed E-state index contributed by atoms with van der Waals surface area (Å²) in [6.07, 6.45) is 5.03. The van der Waals surface area contributed by atoms with Crippen LogP contribution in [0, 0.1) is 22.7 Å². The molecule has 8 heteroatoms. The summed E-state index contributed by atoms with van der Waals surface area (Å²) in [6.45, 7) is 12.0. The van der Waals surface area contributed by atoms with Gasteiger partial charge in [-0.25, -0.2) is 5.43 Å². The zero-order chi connectivity index (χ0) is 21.5. The van der Waals surface area contributed by atoms with Gasteiger partial charge in [0.1, 0.15) is 0 Å². The SMILES string of the molecule is CC(C)Cn1c(SCC(=O)N/N=C2\CC3CCC2(C)C3(C)C)nnc1-c1ccco1. The molecule has 4 rings (SSSR count). The first-order chi connectivity index (χ1) is 14.2. The second kappa shape index (κ2) is 7.87. The zero-order valence-corrected chi connectivity index (χ0v) is 19.3. The Morgan fingerprint density at radius 2 is 2.20 bits per heavy atom. The van der Waals surface area contributed by atoms with Crippen molar-refractivity contribution in [3.63, 3.8) is 0 Å². The van der Waals surface area contributed by atoms with Gasteiger partial charge in [-0.1, -0.05) is 46.4 Å². The average Bonchev–Trinajstić information content (AvgIpc) is 3.42. The Labute approximate surface area is 182 Å². The van der Waals surface area contributed by atoms with Crippen molar-refractivity contribution in [2.24, 2.45) is 27.8 Å². The number of nitrogens with zero attached hydrogens (tertiary/aromatic N) is 4. The van der Waals surface area contributed by atoms with Crippen molar-refractivity contribution in [2.45, 2.75) is 65.6 Å². The molecular weight excluding hydrogens is 398 g/mol. The summed E-state index contributed by atoms with van der Waals surface area (Å²) in [6, 6.07) is 3.70. The largest absolute Gasteiger partial charge is 0.461 e.